The van der Waals surface area contributed by atoms with Crippen LogP contribution in [0.25, 0.3) is 0 Å². The molecule has 3 heteroatoms. The number of ketones is 1. The maximum atomic E-state index is 11.8. The number of carbonyl (C=O) groups is 1. The molecule has 0 N–H and O–H groups in total. The summed E-state index contributed by atoms with van der Waals surface area (Å²) in [5, 5.41) is 0. The van der Waals surface area contributed by atoms with E-state index in [2.05, 4.69) is 6.92 Å². The van der Waals surface area contributed by atoms with Crippen molar-refractivity contribution in [1.82, 2.24) is 0 Å². The van der Waals surface area contributed by atoms with Crippen LogP contribution in [0.3, 0.4) is 0 Å². The summed E-state index contributed by atoms with van der Waals surface area (Å²) in [6.07, 6.45) is 3.36. The highest BCUT2D eigenvalue weighted by Crippen LogP contribution is 2.17. The fourth-order valence-electron chi connectivity index (χ4n) is 1.25. The maximum Gasteiger partial charge on any atom is 0.135 e. The summed E-state index contributed by atoms with van der Waals surface area (Å²) in [6, 6.07) is 0. The second kappa shape index (κ2) is 8.27. The molecule has 0 aromatic rings. The highest BCUT2D eigenvalue weighted by molar-refractivity contribution is 7.94. The van der Waals surface area contributed by atoms with Gasteiger partial charge in [-0.3, -0.25) is 4.79 Å². The number of hydrogen-bond acceptors (Lipinski definition) is 2. The summed E-state index contributed by atoms with van der Waals surface area (Å²) < 4.78 is 11.8. The number of hydrogen-bond donors (Lipinski definition) is 0. The van der Waals surface area contributed by atoms with Gasteiger partial charge in [-0.1, -0.05) is 20.8 Å². The zero-order chi connectivity index (χ0) is 11.0. The van der Waals surface area contributed by atoms with Crippen LogP contribution in [0, 0.1) is 11.8 Å². The maximum absolute atomic E-state index is 11.8. The van der Waals surface area contributed by atoms with Crippen LogP contribution in [0.15, 0.2) is 0 Å². The summed E-state index contributed by atoms with van der Waals surface area (Å²) in [4.78, 5) is 11.5. The van der Waals surface area contributed by atoms with Crippen LogP contribution in [0.4, 0.5) is 3.89 Å². The Bertz CT molecular complexity index is 161. The molecular formula is C11H21FOS. The Morgan fingerprint density at radius 1 is 1.36 bits per heavy atom. The lowest BCUT2D eigenvalue weighted by Gasteiger charge is -2.11. The van der Waals surface area contributed by atoms with E-state index in [1.54, 1.807) is 0 Å². The van der Waals surface area contributed by atoms with Crippen LogP contribution < -0.4 is 0 Å². The van der Waals surface area contributed by atoms with Crippen LogP contribution in [0.2, 0.25) is 0 Å². The Balaban J connectivity index is 3.55. The minimum atomic E-state index is 0.192. The van der Waals surface area contributed by atoms with Gasteiger partial charge in [0.25, 0.3) is 0 Å². The minimum Gasteiger partial charge on any atom is -0.299 e. The molecule has 0 aromatic carbocycles. The van der Waals surface area contributed by atoms with Crippen molar-refractivity contribution >= 4 is 17.9 Å². The van der Waals surface area contributed by atoms with Crippen LogP contribution in [0.5, 0.6) is 0 Å². The fourth-order valence-corrected chi connectivity index (χ4v) is 1.74. The summed E-state index contributed by atoms with van der Waals surface area (Å²) in [5.41, 5.74) is 0. The van der Waals surface area contributed by atoms with Crippen molar-refractivity contribution in [3.05, 3.63) is 0 Å². The van der Waals surface area contributed by atoms with E-state index in [-0.39, 0.29) is 5.92 Å². The first-order chi connectivity index (χ1) is 6.61. The average Bonchev–Trinajstić information content (AvgIpc) is 2.21. The molecule has 2 unspecified atom stereocenters. The molecule has 0 saturated carbocycles. The third-order valence-corrected chi connectivity index (χ3v) is 3.12. The van der Waals surface area contributed by atoms with Crippen LogP contribution in [-0.2, 0) is 4.79 Å². The number of Topliss-reactive ketones (excluding diaryl/α,β-unsaturated/α-hetero) is 1. The van der Waals surface area contributed by atoms with Crippen LogP contribution >= 0.6 is 12.1 Å². The third kappa shape index (κ3) is 6.41. The Kier molecular flexibility index (Phi) is 8.24. The molecule has 1 nitrogen and oxygen atoms in total. The van der Waals surface area contributed by atoms with Gasteiger partial charge in [0.1, 0.15) is 5.78 Å². The lowest BCUT2D eigenvalue weighted by molar-refractivity contribution is -0.122. The second-order valence-corrected chi connectivity index (χ2v) is 4.65. The first kappa shape index (κ1) is 13.9. The standard InChI is InChI=1S/C11H21FOS/c1-4-10(3)11(13)6-5-9(2)7-8-14-12/h9-10H,4-8H2,1-3H3. The molecule has 84 valence electrons. The number of carbonyl (C=O) groups excluding carboxylic acids is 1. The zero-order valence-electron chi connectivity index (χ0n) is 9.38. The summed E-state index contributed by atoms with van der Waals surface area (Å²) in [7, 11) is 0. The summed E-state index contributed by atoms with van der Waals surface area (Å²) >= 11 is 0.390. The van der Waals surface area contributed by atoms with Crippen LogP contribution in [-0.4, -0.2) is 11.5 Å². The van der Waals surface area contributed by atoms with Gasteiger partial charge in [0.05, 0.1) is 0 Å². The minimum absolute atomic E-state index is 0.192. The van der Waals surface area contributed by atoms with Gasteiger partial charge in [-0.15, -0.1) is 0 Å². The second-order valence-electron chi connectivity index (χ2n) is 4.02. The normalized spacial score (nSPS) is 15.1. The first-order valence-electron chi connectivity index (χ1n) is 5.38. The Hall–Kier alpha value is -0.0500. The number of halogens is 1. The van der Waals surface area contributed by atoms with Crippen LogP contribution in [0.1, 0.15) is 46.5 Å². The predicted octanol–water partition coefficient (Wildman–Crippen LogP) is 4.03. The topological polar surface area (TPSA) is 17.1 Å². The molecule has 0 heterocycles. The van der Waals surface area contributed by atoms with E-state index in [1.165, 1.54) is 0 Å². The van der Waals surface area contributed by atoms with Crippen molar-refractivity contribution in [3.63, 3.8) is 0 Å². The van der Waals surface area contributed by atoms with E-state index in [0.29, 0.717) is 36.0 Å². The van der Waals surface area contributed by atoms with Gasteiger partial charge in [0, 0.05) is 30.2 Å². The molecule has 0 amide bonds. The fraction of sp³-hybridized carbons (Fsp3) is 0.909. The van der Waals surface area contributed by atoms with Crippen molar-refractivity contribution in [1.29, 1.82) is 0 Å². The molecule has 2 atom stereocenters. The third-order valence-electron chi connectivity index (χ3n) is 2.73. The van der Waals surface area contributed by atoms with E-state index < -0.39 is 0 Å². The van der Waals surface area contributed by atoms with E-state index >= 15 is 0 Å². The van der Waals surface area contributed by atoms with Crippen molar-refractivity contribution < 1.29 is 8.68 Å². The van der Waals surface area contributed by atoms with E-state index in [0.717, 1.165) is 19.3 Å². The Morgan fingerprint density at radius 3 is 2.50 bits per heavy atom. The monoisotopic (exact) mass is 220 g/mol. The summed E-state index contributed by atoms with van der Waals surface area (Å²) in [6.45, 7) is 6.09. The molecule has 0 aliphatic rings. The molecule has 0 aromatic heterocycles. The molecular weight excluding hydrogens is 199 g/mol. The van der Waals surface area contributed by atoms with Crippen molar-refractivity contribution in [2.24, 2.45) is 11.8 Å². The van der Waals surface area contributed by atoms with Gasteiger partial charge in [-0.2, -0.15) is 3.89 Å². The highest BCUT2D eigenvalue weighted by Gasteiger charge is 2.12. The molecule has 0 rings (SSSR count). The van der Waals surface area contributed by atoms with Gasteiger partial charge < -0.3 is 0 Å². The summed E-state index contributed by atoms with van der Waals surface area (Å²) in [5.74, 6) is 1.56. The van der Waals surface area contributed by atoms with Crippen molar-refractivity contribution in [2.75, 3.05) is 5.75 Å². The van der Waals surface area contributed by atoms with Crippen molar-refractivity contribution in [3.8, 4) is 0 Å². The molecule has 0 fully saturated rings. The molecule has 0 radical (unpaired) electrons. The molecule has 0 bridgehead atoms. The smallest absolute Gasteiger partial charge is 0.135 e. The van der Waals surface area contributed by atoms with E-state index in [1.807, 2.05) is 13.8 Å². The van der Waals surface area contributed by atoms with E-state index in [4.69, 9.17) is 0 Å². The van der Waals surface area contributed by atoms with Gasteiger partial charge in [0.2, 0.25) is 0 Å². The van der Waals surface area contributed by atoms with Crippen molar-refractivity contribution in [2.45, 2.75) is 46.5 Å². The lowest BCUT2D eigenvalue weighted by Crippen LogP contribution is -2.11. The largest absolute Gasteiger partial charge is 0.299 e. The highest BCUT2D eigenvalue weighted by atomic mass is 32.2. The Labute approximate surface area is 91.1 Å². The quantitative estimate of drug-likeness (QED) is 0.614. The molecule has 0 aliphatic heterocycles. The zero-order valence-corrected chi connectivity index (χ0v) is 10.2. The van der Waals surface area contributed by atoms with Gasteiger partial charge in [-0.05, 0) is 25.2 Å². The van der Waals surface area contributed by atoms with Gasteiger partial charge in [0.15, 0.2) is 0 Å². The molecule has 0 aliphatic carbocycles. The lowest BCUT2D eigenvalue weighted by atomic mass is 9.95. The SMILES string of the molecule is CCC(C)C(=O)CCC(C)CCSF. The predicted molar refractivity (Wildman–Crippen MR) is 61.0 cm³/mol. The van der Waals surface area contributed by atoms with E-state index in [9.17, 15) is 8.68 Å². The Morgan fingerprint density at radius 2 is 2.00 bits per heavy atom. The average molecular weight is 220 g/mol. The number of rotatable bonds is 8. The van der Waals surface area contributed by atoms with Gasteiger partial charge >= 0.3 is 0 Å². The van der Waals surface area contributed by atoms with Gasteiger partial charge in [-0.25, -0.2) is 0 Å². The first-order valence-corrected chi connectivity index (χ1v) is 6.26. The molecule has 0 saturated heterocycles. The molecule has 0 spiro atoms. The molecule has 14 heavy (non-hydrogen) atoms.